The third-order valence-corrected chi connectivity index (χ3v) is 6.71. The van der Waals surface area contributed by atoms with Gasteiger partial charge >= 0.3 is 5.97 Å². The number of hydrogen-bond acceptors (Lipinski definition) is 9. The molecule has 0 spiro atoms. The van der Waals surface area contributed by atoms with Crippen molar-refractivity contribution in [2.24, 2.45) is 0 Å². The summed E-state index contributed by atoms with van der Waals surface area (Å²) in [7, 11) is 0. The Bertz CT molecular complexity index is 863. The van der Waals surface area contributed by atoms with Gasteiger partial charge in [-0.3, -0.25) is 19.6 Å². The average molecular weight is 424 g/mol. The molecule has 3 heterocycles. The van der Waals surface area contributed by atoms with Crippen molar-refractivity contribution in [3.8, 4) is 6.07 Å². The fourth-order valence-corrected chi connectivity index (χ4v) is 5.28. The third kappa shape index (κ3) is 4.12. The van der Waals surface area contributed by atoms with Crippen molar-refractivity contribution < 1.29 is 19.5 Å². The normalized spacial score (nSPS) is 21.6. The summed E-state index contributed by atoms with van der Waals surface area (Å²) in [6, 6.07) is 1.04. The minimum absolute atomic E-state index is 0.0631. The van der Waals surface area contributed by atoms with Crippen LogP contribution in [0.4, 0.5) is 0 Å². The van der Waals surface area contributed by atoms with E-state index in [-0.39, 0.29) is 17.4 Å². The van der Waals surface area contributed by atoms with Crippen molar-refractivity contribution >= 4 is 53.1 Å². The summed E-state index contributed by atoms with van der Waals surface area (Å²) in [5.41, 5.74) is -0.0954. The highest BCUT2D eigenvalue weighted by atomic mass is 32.2. The summed E-state index contributed by atoms with van der Waals surface area (Å²) in [5.74, 6) is -1.60. The molecule has 0 aliphatic carbocycles. The molecule has 2 aliphatic rings. The van der Waals surface area contributed by atoms with E-state index in [2.05, 4.69) is 20.5 Å². The maximum atomic E-state index is 12.5. The summed E-state index contributed by atoms with van der Waals surface area (Å²) in [5, 5.41) is 28.4. The van der Waals surface area contributed by atoms with Gasteiger partial charge in [0, 0.05) is 16.7 Å². The maximum Gasteiger partial charge on any atom is 0.353 e. The van der Waals surface area contributed by atoms with Crippen LogP contribution in [-0.4, -0.2) is 65.9 Å². The molecule has 3 rings (SSSR count). The Morgan fingerprint density at radius 3 is 3.07 bits per heavy atom. The van der Waals surface area contributed by atoms with E-state index in [9.17, 15) is 19.5 Å². The van der Waals surface area contributed by atoms with Gasteiger partial charge in [0.2, 0.25) is 5.91 Å². The number of fused-ring (bicyclic) bond motifs is 1. The number of thioether (sulfide) groups is 3. The second-order valence-corrected chi connectivity index (χ2v) is 8.25. The van der Waals surface area contributed by atoms with Gasteiger partial charge < -0.3 is 10.4 Å². The van der Waals surface area contributed by atoms with E-state index in [1.807, 2.05) is 6.07 Å². The number of hydrogen-bond donors (Lipinski definition) is 3. The lowest BCUT2D eigenvalue weighted by atomic mass is 10.1. The number of allylic oxidation sites excluding steroid dienone is 1. The number of H-pyrrole nitrogens is 1. The first-order valence-electron chi connectivity index (χ1n) is 7.43. The van der Waals surface area contributed by atoms with Crippen LogP contribution < -0.4 is 5.32 Å². The van der Waals surface area contributed by atoms with E-state index in [4.69, 9.17) is 5.26 Å². The fourth-order valence-electron chi connectivity index (χ4n) is 2.45. The highest BCUT2D eigenvalue weighted by molar-refractivity contribution is 8.06. The average Bonchev–Trinajstić information content (AvgIpc) is 3.15. The number of rotatable bonds is 7. The Morgan fingerprint density at radius 1 is 1.59 bits per heavy atom. The van der Waals surface area contributed by atoms with Crippen LogP contribution in [0.15, 0.2) is 33.6 Å². The van der Waals surface area contributed by atoms with Crippen LogP contribution in [-0.2, 0) is 14.4 Å². The molecule has 1 fully saturated rings. The summed E-state index contributed by atoms with van der Waals surface area (Å²) in [6.07, 6.45) is 2.56. The molecule has 0 aromatic carbocycles. The number of aliphatic carboxylic acids is 1. The molecule has 13 heteroatoms. The fraction of sp³-hybridized carbons (Fsp3) is 0.286. The predicted octanol–water partition coefficient (Wildman–Crippen LogP) is 0.363. The van der Waals surface area contributed by atoms with E-state index < -0.39 is 23.3 Å². The summed E-state index contributed by atoms with van der Waals surface area (Å²) < 4.78 is 0. The first-order valence-corrected chi connectivity index (χ1v) is 10.3. The zero-order chi connectivity index (χ0) is 19.4. The molecule has 2 amide bonds. The van der Waals surface area contributed by atoms with Crippen LogP contribution in [0.25, 0.3) is 0 Å². The monoisotopic (exact) mass is 424 g/mol. The molecule has 140 valence electrons. The van der Waals surface area contributed by atoms with E-state index in [0.717, 1.165) is 23.5 Å². The molecular weight excluding hydrogens is 412 g/mol. The third-order valence-electron chi connectivity index (χ3n) is 3.52. The van der Waals surface area contributed by atoms with Gasteiger partial charge in [0.05, 0.1) is 11.8 Å². The number of nitriles is 1. The van der Waals surface area contributed by atoms with Crippen LogP contribution in [0.5, 0.6) is 0 Å². The number of nitrogens with zero attached hydrogens (tertiary/aromatic N) is 4. The standard InChI is InChI=1S/C14H12N6O4S3/c15-2-1-3-25-5-8(21)18-9-11(22)20-10(13(23)24)7(4-26-12(9)20)27-14-16-6-17-19-14/h1,3,6,9,12H,4-5H2,(H,18,21)(H,23,24)(H,16,17,19)/t9-,12+/m1/s1. The molecule has 2 atom stereocenters. The molecule has 0 bridgehead atoms. The number of carbonyl (C=O) groups is 3. The predicted molar refractivity (Wildman–Crippen MR) is 99.1 cm³/mol. The molecule has 27 heavy (non-hydrogen) atoms. The Kier molecular flexibility index (Phi) is 6.09. The highest BCUT2D eigenvalue weighted by Gasteiger charge is 2.54. The van der Waals surface area contributed by atoms with Gasteiger partial charge in [-0.05, 0) is 5.41 Å². The summed E-state index contributed by atoms with van der Waals surface area (Å²) in [6.45, 7) is 0. The zero-order valence-electron chi connectivity index (χ0n) is 13.5. The number of carbonyl (C=O) groups excluding carboxylic acids is 2. The number of nitrogens with one attached hydrogen (secondary N) is 2. The number of aromatic nitrogens is 3. The second kappa shape index (κ2) is 8.51. The molecule has 0 radical (unpaired) electrons. The molecule has 0 saturated carbocycles. The Labute approximate surface area is 165 Å². The van der Waals surface area contributed by atoms with Gasteiger partial charge in [-0.25, -0.2) is 9.78 Å². The highest BCUT2D eigenvalue weighted by Crippen LogP contribution is 2.44. The van der Waals surface area contributed by atoms with Crippen LogP contribution in [0.1, 0.15) is 0 Å². The lowest BCUT2D eigenvalue weighted by Gasteiger charge is -2.49. The van der Waals surface area contributed by atoms with Gasteiger partial charge in [-0.15, -0.1) is 23.5 Å². The Morgan fingerprint density at radius 2 is 2.41 bits per heavy atom. The van der Waals surface area contributed by atoms with Gasteiger partial charge in [0.1, 0.15) is 23.4 Å². The lowest BCUT2D eigenvalue weighted by Crippen LogP contribution is -2.70. The van der Waals surface area contributed by atoms with Crippen molar-refractivity contribution in [3.05, 3.63) is 28.4 Å². The van der Waals surface area contributed by atoms with Gasteiger partial charge in [-0.1, -0.05) is 11.8 Å². The van der Waals surface area contributed by atoms with Crippen molar-refractivity contribution in [2.75, 3.05) is 11.5 Å². The molecule has 1 saturated heterocycles. The smallest absolute Gasteiger partial charge is 0.353 e. The minimum Gasteiger partial charge on any atom is -0.477 e. The molecule has 3 N–H and O–H groups in total. The maximum absolute atomic E-state index is 12.5. The first-order chi connectivity index (χ1) is 13.0. The summed E-state index contributed by atoms with van der Waals surface area (Å²) in [4.78, 5) is 41.7. The molecule has 10 nitrogen and oxygen atoms in total. The van der Waals surface area contributed by atoms with Crippen LogP contribution in [0.2, 0.25) is 0 Å². The summed E-state index contributed by atoms with van der Waals surface area (Å²) >= 11 is 3.61. The minimum atomic E-state index is -1.21. The number of amides is 2. The van der Waals surface area contributed by atoms with E-state index in [1.165, 1.54) is 34.5 Å². The molecule has 1 aromatic rings. The van der Waals surface area contributed by atoms with Crippen LogP contribution >= 0.6 is 35.3 Å². The Balaban J connectivity index is 1.68. The largest absolute Gasteiger partial charge is 0.477 e. The quantitative estimate of drug-likeness (QED) is 0.413. The number of aromatic amines is 1. The molecule has 2 aliphatic heterocycles. The zero-order valence-corrected chi connectivity index (χ0v) is 15.9. The number of carboxylic acid groups (broad SMARTS) is 1. The number of carboxylic acids is 1. The van der Waals surface area contributed by atoms with Gasteiger partial charge in [-0.2, -0.15) is 10.4 Å². The van der Waals surface area contributed by atoms with Gasteiger partial charge in [0.25, 0.3) is 5.91 Å². The van der Waals surface area contributed by atoms with Crippen molar-refractivity contribution in [1.29, 1.82) is 5.26 Å². The van der Waals surface area contributed by atoms with Crippen LogP contribution in [0, 0.1) is 11.3 Å². The lowest BCUT2D eigenvalue weighted by molar-refractivity contribution is -0.150. The number of β-lactam (4-membered cyclic amide) rings is 1. The SMILES string of the molecule is N#CC=CSCC(=O)N[C@@H]1C(=O)N2C(C(=O)O)=C(Sc3ncn[nH]3)CS[C@@H]12. The van der Waals surface area contributed by atoms with Crippen molar-refractivity contribution in [1.82, 2.24) is 25.4 Å². The molecule has 1 aromatic heterocycles. The van der Waals surface area contributed by atoms with E-state index in [1.54, 1.807) is 0 Å². The molecular formula is C14H12N6O4S3. The Hall–Kier alpha value is -2.43. The first kappa shape index (κ1) is 19.3. The van der Waals surface area contributed by atoms with E-state index in [0.29, 0.717) is 15.8 Å². The second-order valence-electron chi connectivity index (χ2n) is 5.17. The van der Waals surface area contributed by atoms with Crippen LogP contribution in [0.3, 0.4) is 0 Å². The van der Waals surface area contributed by atoms with Gasteiger partial charge in [0.15, 0.2) is 5.16 Å². The van der Waals surface area contributed by atoms with E-state index >= 15 is 0 Å². The van der Waals surface area contributed by atoms with Crippen molar-refractivity contribution in [2.45, 2.75) is 16.6 Å². The van der Waals surface area contributed by atoms with Crippen molar-refractivity contribution in [3.63, 3.8) is 0 Å². The topological polar surface area (TPSA) is 152 Å². The molecule has 0 unspecified atom stereocenters.